The van der Waals surface area contributed by atoms with Crippen molar-refractivity contribution < 1.29 is 0 Å². The van der Waals surface area contributed by atoms with Crippen LogP contribution in [0.15, 0.2) is 18.2 Å². The van der Waals surface area contributed by atoms with Crippen LogP contribution in [0, 0.1) is 12.8 Å². The second-order valence-electron chi connectivity index (χ2n) is 6.11. The standard InChI is InChI=1S/C16H24N2/c1-3-13-7-9-16(10-8-13)11-17-14-6-4-5-12(2)15(14)18-16/h4-6,13,17-18H,3,7-11H2,1-2H3. The SMILES string of the molecule is CCC1CCC2(CC1)CNc1cccc(C)c1N2. The van der Waals surface area contributed by atoms with Crippen molar-refractivity contribution in [1.82, 2.24) is 0 Å². The molecule has 0 radical (unpaired) electrons. The molecule has 1 spiro atoms. The van der Waals surface area contributed by atoms with Crippen LogP contribution in [0.1, 0.15) is 44.6 Å². The van der Waals surface area contributed by atoms with E-state index < -0.39 is 0 Å². The van der Waals surface area contributed by atoms with Gasteiger partial charge in [-0.05, 0) is 50.2 Å². The highest BCUT2D eigenvalue weighted by molar-refractivity contribution is 5.75. The van der Waals surface area contributed by atoms with Crippen LogP contribution in [0.3, 0.4) is 0 Å². The molecule has 0 bridgehead atoms. The van der Waals surface area contributed by atoms with Gasteiger partial charge in [-0.1, -0.05) is 25.5 Å². The van der Waals surface area contributed by atoms with Gasteiger partial charge in [-0.2, -0.15) is 0 Å². The van der Waals surface area contributed by atoms with E-state index in [4.69, 9.17) is 0 Å². The smallest absolute Gasteiger partial charge is 0.0610 e. The van der Waals surface area contributed by atoms with Gasteiger partial charge in [0.1, 0.15) is 0 Å². The van der Waals surface area contributed by atoms with Crippen LogP contribution in [-0.2, 0) is 0 Å². The number of hydrogen-bond acceptors (Lipinski definition) is 2. The second kappa shape index (κ2) is 4.49. The molecule has 18 heavy (non-hydrogen) atoms. The molecule has 98 valence electrons. The third kappa shape index (κ3) is 1.98. The Morgan fingerprint density at radius 3 is 2.78 bits per heavy atom. The Balaban J connectivity index is 1.80. The summed E-state index contributed by atoms with van der Waals surface area (Å²) in [6.45, 7) is 5.61. The van der Waals surface area contributed by atoms with Crippen LogP contribution in [0.2, 0.25) is 0 Å². The van der Waals surface area contributed by atoms with Crippen molar-refractivity contribution in [3.05, 3.63) is 23.8 Å². The summed E-state index contributed by atoms with van der Waals surface area (Å²) in [6, 6.07) is 6.51. The highest BCUT2D eigenvalue weighted by atomic mass is 15.1. The molecule has 0 amide bonds. The van der Waals surface area contributed by atoms with Gasteiger partial charge in [0.2, 0.25) is 0 Å². The predicted octanol–water partition coefficient (Wildman–Crippen LogP) is 4.17. The molecule has 1 aliphatic heterocycles. The van der Waals surface area contributed by atoms with Gasteiger partial charge in [-0.3, -0.25) is 0 Å². The molecule has 1 heterocycles. The quantitative estimate of drug-likeness (QED) is 0.774. The first-order valence-electron chi connectivity index (χ1n) is 7.34. The van der Waals surface area contributed by atoms with Gasteiger partial charge in [0.15, 0.2) is 0 Å². The normalized spacial score (nSPS) is 30.4. The molecule has 3 rings (SSSR count). The number of benzene rings is 1. The van der Waals surface area contributed by atoms with E-state index in [1.165, 1.54) is 49.0 Å². The average Bonchev–Trinajstić information content (AvgIpc) is 2.41. The zero-order chi connectivity index (χ0) is 12.6. The molecule has 2 aliphatic rings. The number of nitrogens with one attached hydrogen (secondary N) is 2. The first kappa shape index (κ1) is 11.9. The average molecular weight is 244 g/mol. The maximum atomic E-state index is 3.86. The van der Waals surface area contributed by atoms with E-state index in [9.17, 15) is 0 Å². The predicted molar refractivity (Wildman–Crippen MR) is 78.3 cm³/mol. The van der Waals surface area contributed by atoms with Gasteiger partial charge < -0.3 is 10.6 Å². The minimum Gasteiger partial charge on any atom is -0.381 e. The molecule has 2 N–H and O–H groups in total. The van der Waals surface area contributed by atoms with Gasteiger partial charge in [0.25, 0.3) is 0 Å². The fourth-order valence-electron chi connectivity index (χ4n) is 3.49. The maximum absolute atomic E-state index is 3.86. The molecule has 1 aromatic rings. The van der Waals surface area contributed by atoms with Crippen LogP contribution in [0.5, 0.6) is 0 Å². The summed E-state index contributed by atoms with van der Waals surface area (Å²) in [5.74, 6) is 0.954. The Labute approximate surface area is 110 Å². The van der Waals surface area contributed by atoms with E-state index >= 15 is 0 Å². The highest BCUT2D eigenvalue weighted by Gasteiger charge is 2.37. The Morgan fingerprint density at radius 2 is 2.06 bits per heavy atom. The van der Waals surface area contributed by atoms with E-state index in [0.29, 0.717) is 5.54 Å². The van der Waals surface area contributed by atoms with Crippen molar-refractivity contribution in [3.63, 3.8) is 0 Å². The molecular formula is C16H24N2. The van der Waals surface area contributed by atoms with Gasteiger partial charge in [0, 0.05) is 6.54 Å². The molecular weight excluding hydrogens is 220 g/mol. The fraction of sp³-hybridized carbons (Fsp3) is 0.625. The van der Waals surface area contributed by atoms with Crippen LogP contribution in [0.25, 0.3) is 0 Å². The molecule has 1 aliphatic carbocycles. The van der Waals surface area contributed by atoms with Crippen LogP contribution in [0.4, 0.5) is 11.4 Å². The Morgan fingerprint density at radius 1 is 1.28 bits per heavy atom. The largest absolute Gasteiger partial charge is 0.381 e. The van der Waals surface area contributed by atoms with Crippen molar-refractivity contribution in [2.24, 2.45) is 5.92 Å². The van der Waals surface area contributed by atoms with Crippen molar-refractivity contribution in [2.75, 3.05) is 17.2 Å². The Hall–Kier alpha value is -1.18. The lowest BCUT2D eigenvalue weighted by molar-refractivity contribution is 0.255. The summed E-state index contributed by atoms with van der Waals surface area (Å²) in [5.41, 5.74) is 4.28. The molecule has 0 aromatic heterocycles. The lowest BCUT2D eigenvalue weighted by Gasteiger charge is -2.45. The summed E-state index contributed by atoms with van der Waals surface area (Å²) >= 11 is 0. The Bertz CT molecular complexity index is 431. The number of anilines is 2. The van der Waals surface area contributed by atoms with Gasteiger partial charge in [-0.15, -0.1) is 0 Å². The van der Waals surface area contributed by atoms with E-state index in [2.05, 4.69) is 42.7 Å². The zero-order valence-corrected chi connectivity index (χ0v) is 11.6. The number of aryl methyl sites for hydroxylation is 1. The molecule has 0 saturated heterocycles. The monoisotopic (exact) mass is 244 g/mol. The number of rotatable bonds is 1. The summed E-state index contributed by atoms with van der Waals surface area (Å²) in [4.78, 5) is 0. The number of para-hydroxylation sites is 1. The lowest BCUT2D eigenvalue weighted by atomic mass is 9.74. The third-order valence-corrected chi connectivity index (χ3v) is 4.92. The highest BCUT2D eigenvalue weighted by Crippen LogP contribution is 2.41. The molecule has 0 unspecified atom stereocenters. The lowest BCUT2D eigenvalue weighted by Crippen LogP contribution is -2.50. The first-order chi connectivity index (χ1) is 8.72. The minimum absolute atomic E-state index is 0.310. The summed E-state index contributed by atoms with van der Waals surface area (Å²) in [6.07, 6.45) is 6.73. The van der Waals surface area contributed by atoms with Gasteiger partial charge in [-0.25, -0.2) is 0 Å². The van der Waals surface area contributed by atoms with Crippen molar-refractivity contribution >= 4 is 11.4 Å². The van der Waals surface area contributed by atoms with Crippen molar-refractivity contribution in [1.29, 1.82) is 0 Å². The molecule has 1 aromatic carbocycles. The van der Waals surface area contributed by atoms with Gasteiger partial charge in [0.05, 0.1) is 16.9 Å². The molecule has 1 saturated carbocycles. The molecule has 2 nitrogen and oxygen atoms in total. The summed E-state index contributed by atoms with van der Waals surface area (Å²) < 4.78 is 0. The molecule has 1 fully saturated rings. The summed E-state index contributed by atoms with van der Waals surface area (Å²) in [5, 5.41) is 7.50. The van der Waals surface area contributed by atoms with E-state index in [1.54, 1.807) is 0 Å². The van der Waals surface area contributed by atoms with Crippen molar-refractivity contribution in [2.45, 2.75) is 51.5 Å². The first-order valence-corrected chi connectivity index (χ1v) is 7.34. The van der Waals surface area contributed by atoms with Crippen LogP contribution >= 0.6 is 0 Å². The zero-order valence-electron chi connectivity index (χ0n) is 11.6. The van der Waals surface area contributed by atoms with Gasteiger partial charge >= 0.3 is 0 Å². The van der Waals surface area contributed by atoms with Crippen LogP contribution in [-0.4, -0.2) is 12.1 Å². The molecule has 2 heteroatoms. The third-order valence-electron chi connectivity index (χ3n) is 4.92. The van der Waals surface area contributed by atoms with Crippen LogP contribution < -0.4 is 10.6 Å². The van der Waals surface area contributed by atoms with Crippen molar-refractivity contribution in [3.8, 4) is 0 Å². The molecule has 0 atom stereocenters. The maximum Gasteiger partial charge on any atom is 0.0610 e. The van der Waals surface area contributed by atoms with E-state index in [0.717, 1.165) is 12.5 Å². The Kier molecular flexibility index (Phi) is 2.96. The minimum atomic E-state index is 0.310. The second-order valence-corrected chi connectivity index (χ2v) is 6.11. The number of hydrogen-bond donors (Lipinski definition) is 2. The van der Waals surface area contributed by atoms with E-state index in [-0.39, 0.29) is 0 Å². The van der Waals surface area contributed by atoms with E-state index in [1.807, 2.05) is 0 Å². The summed E-state index contributed by atoms with van der Waals surface area (Å²) in [7, 11) is 0. The fourth-order valence-corrected chi connectivity index (χ4v) is 3.49. The topological polar surface area (TPSA) is 24.1 Å². The number of fused-ring (bicyclic) bond motifs is 1.